The van der Waals surface area contributed by atoms with Gasteiger partial charge in [-0.25, -0.2) is 0 Å². The Bertz CT molecular complexity index is 4200. The smallest absolute Gasteiger partial charge is 0.136 e. The van der Waals surface area contributed by atoms with E-state index in [0.29, 0.717) is 0 Å². The van der Waals surface area contributed by atoms with E-state index >= 15 is 0 Å². The summed E-state index contributed by atoms with van der Waals surface area (Å²) in [6.45, 7) is 0. The first kappa shape index (κ1) is 39.0. The van der Waals surface area contributed by atoms with Crippen LogP contribution in [0.1, 0.15) is 0 Å². The molecule has 14 rings (SSSR count). The van der Waals surface area contributed by atoms with Gasteiger partial charge in [0.15, 0.2) is 0 Å². The number of para-hydroxylation sites is 3. The summed E-state index contributed by atoms with van der Waals surface area (Å²) >= 11 is 0. The van der Waals surface area contributed by atoms with E-state index in [2.05, 4.69) is 252 Å². The van der Waals surface area contributed by atoms with Gasteiger partial charge >= 0.3 is 0 Å². The quantitative estimate of drug-likeness (QED) is 0.149. The first-order chi connectivity index (χ1) is 34.2. The average molecular weight is 879 g/mol. The summed E-state index contributed by atoms with van der Waals surface area (Å²) in [5.41, 5.74) is 15.6. The van der Waals surface area contributed by atoms with Crippen LogP contribution < -0.4 is 4.90 Å². The maximum absolute atomic E-state index is 6.22. The van der Waals surface area contributed by atoms with Crippen LogP contribution in [-0.4, -0.2) is 4.57 Å². The van der Waals surface area contributed by atoms with Crippen molar-refractivity contribution in [1.82, 2.24) is 4.57 Å². The van der Waals surface area contributed by atoms with Gasteiger partial charge in [0.1, 0.15) is 11.2 Å². The van der Waals surface area contributed by atoms with Crippen LogP contribution in [0, 0.1) is 0 Å². The first-order valence-corrected chi connectivity index (χ1v) is 23.7. The van der Waals surface area contributed by atoms with Crippen molar-refractivity contribution in [3.05, 3.63) is 255 Å². The van der Waals surface area contributed by atoms with Crippen molar-refractivity contribution < 1.29 is 4.42 Å². The lowest BCUT2D eigenvalue weighted by Gasteiger charge is -2.27. The van der Waals surface area contributed by atoms with E-state index in [1.807, 2.05) is 12.1 Å². The fraction of sp³-hybridized carbons (Fsp3) is 0. The van der Waals surface area contributed by atoms with E-state index in [9.17, 15) is 0 Å². The molecule has 69 heavy (non-hydrogen) atoms. The van der Waals surface area contributed by atoms with E-state index in [-0.39, 0.29) is 0 Å². The molecule has 0 atom stereocenters. The molecule has 0 radical (unpaired) electrons. The highest BCUT2D eigenvalue weighted by atomic mass is 16.3. The van der Waals surface area contributed by atoms with Crippen molar-refractivity contribution in [3.63, 3.8) is 0 Å². The molecule has 0 aliphatic carbocycles. The normalized spacial score (nSPS) is 11.8. The Kier molecular flexibility index (Phi) is 8.90. The third kappa shape index (κ3) is 6.36. The number of hydrogen-bond donors (Lipinski definition) is 0. The van der Waals surface area contributed by atoms with Crippen LogP contribution in [0.3, 0.4) is 0 Å². The molecular formula is C66H42N2O. The summed E-state index contributed by atoms with van der Waals surface area (Å²) in [6, 6.07) is 92.5. The zero-order chi connectivity index (χ0) is 45.4. The van der Waals surface area contributed by atoms with Crippen LogP contribution in [0.25, 0.3) is 115 Å². The van der Waals surface area contributed by atoms with Gasteiger partial charge in [0.25, 0.3) is 0 Å². The summed E-state index contributed by atoms with van der Waals surface area (Å²) in [5.74, 6) is 0. The number of aromatic nitrogens is 1. The lowest BCUT2D eigenvalue weighted by Crippen LogP contribution is -2.10. The van der Waals surface area contributed by atoms with Gasteiger partial charge in [-0.3, -0.25) is 0 Å². The Morgan fingerprint density at radius 1 is 0.275 bits per heavy atom. The van der Waals surface area contributed by atoms with Crippen LogP contribution >= 0.6 is 0 Å². The predicted molar refractivity (Wildman–Crippen MR) is 292 cm³/mol. The molecule has 0 fully saturated rings. The van der Waals surface area contributed by atoms with Crippen LogP contribution in [0.2, 0.25) is 0 Å². The summed E-state index contributed by atoms with van der Waals surface area (Å²) < 4.78 is 8.61. The first-order valence-electron chi connectivity index (χ1n) is 23.7. The van der Waals surface area contributed by atoms with Crippen molar-refractivity contribution in [2.75, 3.05) is 4.90 Å². The fourth-order valence-electron chi connectivity index (χ4n) is 11.0. The molecular weight excluding hydrogens is 837 g/mol. The minimum Gasteiger partial charge on any atom is -0.456 e. The molecule has 3 heteroatoms. The Balaban J connectivity index is 0.857. The highest BCUT2D eigenvalue weighted by molar-refractivity contribution is 6.26. The number of hydrogen-bond acceptors (Lipinski definition) is 2. The molecule has 0 spiro atoms. The van der Waals surface area contributed by atoms with Gasteiger partial charge in [-0.05, 0) is 138 Å². The summed E-state index contributed by atoms with van der Waals surface area (Å²) in [6.07, 6.45) is 0. The minimum atomic E-state index is 0.908. The molecule has 3 nitrogen and oxygen atoms in total. The lowest BCUT2D eigenvalue weighted by molar-refractivity contribution is 0.669. The number of nitrogens with zero attached hydrogens (tertiary/aromatic N) is 2. The molecule has 2 aromatic heterocycles. The van der Waals surface area contributed by atoms with Gasteiger partial charge < -0.3 is 13.9 Å². The molecule has 0 aliphatic heterocycles. The van der Waals surface area contributed by atoms with Gasteiger partial charge in [0.05, 0.1) is 11.0 Å². The van der Waals surface area contributed by atoms with Crippen molar-refractivity contribution in [3.8, 4) is 39.1 Å². The van der Waals surface area contributed by atoms with E-state index < -0.39 is 0 Å². The molecule has 0 saturated heterocycles. The van der Waals surface area contributed by atoms with Crippen LogP contribution in [0.5, 0.6) is 0 Å². The molecule has 14 aromatic rings. The van der Waals surface area contributed by atoms with E-state index in [1.165, 1.54) is 65.3 Å². The SMILES string of the molecule is c1cc(-c2ccc(N(c3ccc(-c4ccc(-c5cccc6oc7ccccc7c56)cc4)cc3)c3ccc4c5ccccc5c5ccccc5c4c3)cc2)cc(-n2c3ccccc3c3ccccc32)c1. The molecule has 12 aromatic carbocycles. The largest absolute Gasteiger partial charge is 0.456 e. The van der Waals surface area contributed by atoms with Gasteiger partial charge in [0.2, 0.25) is 0 Å². The van der Waals surface area contributed by atoms with Crippen molar-refractivity contribution >= 4 is 93.1 Å². The van der Waals surface area contributed by atoms with Crippen LogP contribution in [0.15, 0.2) is 259 Å². The standard InChI is InChI=1S/C66H42N2O/c1-2-17-55-53(15-1)54-16-3-4-18-56(54)61-42-51(39-40-57(55)61)67(48-35-31-44(32-36-48)43-27-29-46(30-28-43)52-22-12-26-65-66(52)60-21-7-10-25-64(60)69-65)49-37-33-45(34-38-49)47-13-11-14-50(41-47)68-62-23-8-5-19-58(62)59-20-6-9-24-63(59)68/h1-42H. The van der Waals surface area contributed by atoms with Gasteiger partial charge in [-0.15, -0.1) is 0 Å². The molecule has 0 amide bonds. The monoisotopic (exact) mass is 878 g/mol. The Morgan fingerprint density at radius 2 is 0.725 bits per heavy atom. The maximum atomic E-state index is 6.22. The number of anilines is 3. The highest BCUT2D eigenvalue weighted by Gasteiger charge is 2.18. The lowest BCUT2D eigenvalue weighted by atomic mass is 9.94. The molecule has 322 valence electrons. The summed E-state index contributed by atoms with van der Waals surface area (Å²) in [5, 5.41) is 12.4. The second-order valence-electron chi connectivity index (χ2n) is 18.0. The highest BCUT2D eigenvalue weighted by Crippen LogP contribution is 2.43. The topological polar surface area (TPSA) is 21.3 Å². The number of furan rings is 1. The number of fused-ring (bicyclic) bond motifs is 12. The average Bonchev–Trinajstić information content (AvgIpc) is 3.98. The van der Waals surface area contributed by atoms with Gasteiger partial charge in [0, 0.05) is 44.3 Å². The number of benzene rings is 12. The zero-order valence-electron chi connectivity index (χ0n) is 37.6. The second-order valence-corrected chi connectivity index (χ2v) is 18.0. The summed E-state index contributed by atoms with van der Waals surface area (Å²) in [7, 11) is 0. The number of rotatable bonds is 7. The Labute approximate surface area is 399 Å². The second kappa shape index (κ2) is 15.7. The molecule has 0 unspecified atom stereocenters. The molecule has 0 N–H and O–H groups in total. The predicted octanol–water partition coefficient (Wildman–Crippen LogP) is 18.6. The third-order valence-electron chi connectivity index (χ3n) is 14.2. The van der Waals surface area contributed by atoms with E-state index in [1.54, 1.807) is 0 Å². The van der Waals surface area contributed by atoms with Gasteiger partial charge in [-0.1, -0.05) is 182 Å². The summed E-state index contributed by atoms with van der Waals surface area (Å²) in [4.78, 5) is 2.39. The van der Waals surface area contributed by atoms with Crippen molar-refractivity contribution in [1.29, 1.82) is 0 Å². The van der Waals surface area contributed by atoms with E-state index in [4.69, 9.17) is 4.42 Å². The molecule has 2 heterocycles. The zero-order valence-corrected chi connectivity index (χ0v) is 37.6. The minimum absolute atomic E-state index is 0.908. The van der Waals surface area contributed by atoms with Crippen LogP contribution in [0.4, 0.5) is 17.1 Å². The Hall–Kier alpha value is -9.18. The molecule has 0 aliphatic rings. The van der Waals surface area contributed by atoms with Crippen LogP contribution in [-0.2, 0) is 0 Å². The van der Waals surface area contributed by atoms with Crippen molar-refractivity contribution in [2.24, 2.45) is 0 Å². The Morgan fingerprint density at radius 3 is 1.35 bits per heavy atom. The van der Waals surface area contributed by atoms with Crippen molar-refractivity contribution in [2.45, 2.75) is 0 Å². The molecule has 0 saturated carbocycles. The maximum Gasteiger partial charge on any atom is 0.136 e. The molecule has 0 bridgehead atoms. The fourth-order valence-corrected chi connectivity index (χ4v) is 11.0. The van der Waals surface area contributed by atoms with E-state index in [0.717, 1.165) is 66.9 Å². The third-order valence-corrected chi connectivity index (χ3v) is 14.2. The van der Waals surface area contributed by atoms with Gasteiger partial charge in [-0.2, -0.15) is 0 Å².